The minimum atomic E-state index is 0.785. The van der Waals surface area contributed by atoms with Crippen molar-refractivity contribution in [2.75, 3.05) is 0 Å². The summed E-state index contributed by atoms with van der Waals surface area (Å²) < 4.78 is 3.57. The summed E-state index contributed by atoms with van der Waals surface area (Å²) in [5, 5.41) is 0. The lowest BCUT2D eigenvalue weighted by Gasteiger charge is -2.04. The molecule has 0 aliphatic heterocycles. The van der Waals surface area contributed by atoms with Crippen LogP contribution >= 0.6 is 31.9 Å². The van der Waals surface area contributed by atoms with Crippen LogP contribution in [0, 0.1) is 6.92 Å². The topological polar surface area (TPSA) is 43.6 Å². The van der Waals surface area contributed by atoms with Crippen molar-refractivity contribution in [3.63, 3.8) is 0 Å². The van der Waals surface area contributed by atoms with E-state index in [1.54, 1.807) is 12.4 Å². The standard InChI is InChI=1S/C12H12Br2N4/c1-7(4-9-6-15-5-8(2)16-9)10-11(13)17-12(14)18(10)3/h4-6H,1-3H3/b7-4-. The maximum Gasteiger partial charge on any atom is 0.178 e. The van der Waals surface area contributed by atoms with Crippen molar-refractivity contribution in [1.82, 2.24) is 19.5 Å². The fourth-order valence-corrected chi connectivity index (χ4v) is 3.05. The second-order valence-corrected chi connectivity index (χ2v) is 5.45. The molecule has 0 unspecified atom stereocenters. The first-order valence-electron chi connectivity index (χ1n) is 5.34. The Hall–Kier alpha value is -1.01. The summed E-state index contributed by atoms with van der Waals surface area (Å²) in [5.74, 6) is 0. The van der Waals surface area contributed by atoms with Crippen LogP contribution in [0.1, 0.15) is 24.0 Å². The van der Waals surface area contributed by atoms with E-state index >= 15 is 0 Å². The van der Waals surface area contributed by atoms with Gasteiger partial charge in [-0.2, -0.15) is 0 Å². The zero-order valence-electron chi connectivity index (χ0n) is 10.3. The summed E-state index contributed by atoms with van der Waals surface area (Å²) in [6, 6.07) is 0. The molecule has 0 atom stereocenters. The number of imidazole rings is 1. The highest BCUT2D eigenvalue weighted by molar-refractivity contribution is 9.11. The fraction of sp³-hybridized carbons (Fsp3) is 0.250. The molecule has 0 fully saturated rings. The smallest absolute Gasteiger partial charge is 0.178 e. The van der Waals surface area contributed by atoms with Crippen LogP contribution in [0.4, 0.5) is 0 Å². The molecule has 6 heteroatoms. The summed E-state index contributed by atoms with van der Waals surface area (Å²) in [4.78, 5) is 12.9. The van der Waals surface area contributed by atoms with Crippen molar-refractivity contribution in [3.8, 4) is 0 Å². The quantitative estimate of drug-likeness (QED) is 0.809. The molecule has 0 aromatic carbocycles. The number of hydrogen-bond acceptors (Lipinski definition) is 3. The van der Waals surface area contributed by atoms with Crippen molar-refractivity contribution < 1.29 is 0 Å². The van der Waals surface area contributed by atoms with Crippen LogP contribution in [0.15, 0.2) is 21.7 Å². The van der Waals surface area contributed by atoms with E-state index in [-0.39, 0.29) is 0 Å². The predicted octanol–water partition coefficient (Wildman–Crippen LogP) is 3.60. The largest absolute Gasteiger partial charge is 0.321 e. The van der Waals surface area contributed by atoms with Crippen molar-refractivity contribution in [1.29, 1.82) is 0 Å². The van der Waals surface area contributed by atoms with E-state index in [0.29, 0.717) is 0 Å². The first kappa shape index (κ1) is 13.4. The minimum Gasteiger partial charge on any atom is -0.321 e. The summed E-state index contributed by atoms with van der Waals surface area (Å²) in [7, 11) is 1.95. The third-order valence-corrected chi connectivity index (χ3v) is 3.77. The lowest BCUT2D eigenvalue weighted by molar-refractivity contribution is 0.866. The van der Waals surface area contributed by atoms with Gasteiger partial charge >= 0.3 is 0 Å². The average molecular weight is 372 g/mol. The molecule has 2 rings (SSSR count). The van der Waals surface area contributed by atoms with Crippen LogP contribution in [0.5, 0.6) is 0 Å². The Morgan fingerprint density at radius 1 is 1.28 bits per heavy atom. The molecular weight excluding hydrogens is 360 g/mol. The molecule has 0 N–H and O–H groups in total. The normalized spacial score (nSPS) is 11.9. The molecule has 0 saturated carbocycles. The van der Waals surface area contributed by atoms with Gasteiger partial charge in [0.15, 0.2) is 4.73 Å². The Kier molecular flexibility index (Phi) is 3.97. The van der Waals surface area contributed by atoms with Gasteiger partial charge in [0.2, 0.25) is 0 Å². The summed E-state index contributed by atoms with van der Waals surface area (Å²) >= 11 is 6.86. The van der Waals surface area contributed by atoms with E-state index in [1.165, 1.54) is 0 Å². The van der Waals surface area contributed by atoms with E-state index in [0.717, 1.165) is 32.0 Å². The molecule has 2 heterocycles. The van der Waals surface area contributed by atoms with E-state index in [9.17, 15) is 0 Å². The van der Waals surface area contributed by atoms with Gasteiger partial charge in [-0.05, 0) is 57.4 Å². The predicted molar refractivity (Wildman–Crippen MR) is 78.9 cm³/mol. The molecule has 18 heavy (non-hydrogen) atoms. The number of halogens is 2. The molecule has 0 aliphatic rings. The Labute approximate surface area is 122 Å². The minimum absolute atomic E-state index is 0.785. The Balaban J connectivity index is 2.45. The Bertz CT molecular complexity index is 617. The second-order valence-electron chi connectivity index (χ2n) is 3.99. The molecule has 94 valence electrons. The van der Waals surface area contributed by atoms with Gasteiger partial charge in [0.05, 0.1) is 23.3 Å². The molecule has 0 aliphatic carbocycles. The lowest BCUT2D eigenvalue weighted by Crippen LogP contribution is -1.95. The summed E-state index contributed by atoms with van der Waals surface area (Å²) in [6.07, 6.45) is 5.48. The van der Waals surface area contributed by atoms with Gasteiger partial charge in [-0.1, -0.05) is 0 Å². The van der Waals surface area contributed by atoms with E-state index < -0.39 is 0 Å². The van der Waals surface area contributed by atoms with E-state index in [2.05, 4.69) is 46.8 Å². The molecular formula is C12H12Br2N4. The van der Waals surface area contributed by atoms with Crippen LogP contribution in [0.2, 0.25) is 0 Å². The van der Waals surface area contributed by atoms with Crippen LogP contribution in [-0.2, 0) is 7.05 Å². The van der Waals surface area contributed by atoms with Gasteiger partial charge in [-0.15, -0.1) is 0 Å². The third-order valence-electron chi connectivity index (χ3n) is 2.51. The highest BCUT2D eigenvalue weighted by Crippen LogP contribution is 2.27. The fourth-order valence-electron chi connectivity index (χ4n) is 1.71. The van der Waals surface area contributed by atoms with Crippen molar-refractivity contribution >= 4 is 43.5 Å². The third kappa shape index (κ3) is 2.70. The van der Waals surface area contributed by atoms with E-state index in [1.807, 2.05) is 31.5 Å². The van der Waals surface area contributed by atoms with Gasteiger partial charge in [-0.25, -0.2) is 4.98 Å². The monoisotopic (exact) mass is 370 g/mol. The molecule has 0 amide bonds. The summed E-state index contributed by atoms with van der Waals surface area (Å²) in [5.41, 5.74) is 3.84. The van der Waals surface area contributed by atoms with Gasteiger partial charge in [-0.3, -0.25) is 9.97 Å². The SMILES string of the molecule is C/C(=C/c1cncc(C)n1)c1c(Br)nc(Br)n1C. The maximum atomic E-state index is 4.41. The number of rotatable bonds is 2. The van der Waals surface area contributed by atoms with Gasteiger partial charge < -0.3 is 4.57 Å². The van der Waals surface area contributed by atoms with Crippen molar-refractivity contribution in [2.24, 2.45) is 7.05 Å². The molecule has 0 saturated heterocycles. The van der Waals surface area contributed by atoms with Crippen molar-refractivity contribution in [2.45, 2.75) is 13.8 Å². The molecule has 0 spiro atoms. The van der Waals surface area contributed by atoms with Crippen LogP contribution in [-0.4, -0.2) is 19.5 Å². The lowest BCUT2D eigenvalue weighted by atomic mass is 10.2. The molecule has 0 radical (unpaired) electrons. The first-order valence-corrected chi connectivity index (χ1v) is 6.92. The summed E-state index contributed by atoms with van der Waals surface area (Å²) in [6.45, 7) is 3.95. The van der Waals surface area contributed by atoms with Crippen LogP contribution in [0.3, 0.4) is 0 Å². The highest BCUT2D eigenvalue weighted by atomic mass is 79.9. The second kappa shape index (κ2) is 5.32. The number of nitrogens with zero attached hydrogens (tertiary/aromatic N) is 4. The van der Waals surface area contributed by atoms with Gasteiger partial charge in [0, 0.05) is 13.2 Å². The molecule has 0 bridgehead atoms. The van der Waals surface area contributed by atoms with Crippen LogP contribution in [0.25, 0.3) is 11.6 Å². The van der Waals surface area contributed by atoms with Gasteiger partial charge in [0.1, 0.15) is 4.60 Å². The number of aryl methyl sites for hydroxylation is 1. The molecule has 4 nitrogen and oxygen atoms in total. The molecule has 2 aromatic heterocycles. The number of hydrogen-bond donors (Lipinski definition) is 0. The highest BCUT2D eigenvalue weighted by Gasteiger charge is 2.12. The maximum absolute atomic E-state index is 4.41. The zero-order valence-corrected chi connectivity index (χ0v) is 13.4. The number of aromatic nitrogens is 4. The zero-order chi connectivity index (χ0) is 13.3. The van der Waals surface area contributed by atoms with Crippen molar-refractivity contribution in [3.05, 3.63) is 38.8 Å². The van der Waals surface area contributed by atoms with Crippen LogP contribution < -0.4 is 0 Å². The molecule has 2 aromatic rings. The van der Waals surface area contributed by atoms with Gasteiger partial charge in [0.25, 0.3) is 0 Å². The number of allylic oxidation sites excluding steroid dienone is 1. The van der Waals surface area contributed by atoms with E-state index in [4.69, 9.17) is 0 Å². The average Bonchev–Trinajstić information content (AvgIpc) is 2.53. The Morgan fingerprint density at radius 2 is 2.00 bits per heavy atom. The first-order chi connectivity index (χ1) is 8.49. The Morgan fingerprint density at radius 3 is 2.56 bits per heavy atom.